The van der Waals surface area contributed by atoms with E-state index in [0.717, 1.165) is 12.0 Å². The van der Waals surface area contributed by atoms with Crippen LogP contribution in [0.1, 0.15) is 17.9 Å². The summed E-state index contributed by atoms with van der Waals surface area (Å²) in [5.74, 6) is 0.249. The van der Waals surface area contributed by atoms with E-state index in [2.05, 4.69) is 0 Å². The molecule has 0 unspecified atom stereocenters. The summed E-state index contributed by atoms with van der Waals surface area (Å²) < 4.78 is 0. The van der Waals surface area contributed by atoms with Crippen LogP contribution in [0.3, 0.4) is 0 Å². The van der Waals surface area contributed by atoms with E-state index in [-0.39, 0.29) is 17.9 Å². The van der Waals surface area contributed by atoms with Crippen molar-refractivity contribution in [3.8, 4) is 0 Å². The minimum absolute atomic E-state index is 0.108. The number of aliphatic hydroxyl groups is 1. The summed E-state index contributed by atoms with van der Waals surface area (Å²) >= 11 is 12.1. The summed E-state index contributed by atoms with van der Waals surface area (Å²) in [6.07, 6.45) is 0.889. The molecule has 0 bridgehead atoms. The van der Waals surface area contributed by atoms with Gasteiger partial charge < -0.3 is 10.8 Å². The van der Waals surface area contributed by atoms with Crippen molar-refractivity contribution < 1.29 is 5.11 Å². The molecule has 2 atom stereocenters. The fraction of sp³-hybridized carbons (Fsp3) is 0.455. The molecular formula is C11H13Cl2NO. The molecule has 0 saturated heterocycles. The zero-order valence-electron chi connectivity index (χ0n) is 8.21. The second kappa shape index (κ2) is 3.95. The van der Waals surface area contributed by atoms with Gasteiger partial charge in [0.25, 0.3) is 0 Å². The van der Waals surface area contributed by atoms with E-state index in [4.69, 9.17) is 28.9 Å². The first-order valence-corrected chi connectivity index (χ1v) is 5.65. The minimum atomic E-state index is -0.172. The van der Waals surface area contributed by atoms with Crippen molar-refractivity contribution in [3.63, 3.8) is 0 Å². The van der Waals surface area contributed by atoms with E-state index in [1.54, 1.807) is 6.07 Å². The van der Waals surface area contributed by atoms with Crippen molar-refractivity contribution in [1.82, 2.24) is 0 Å². The highest BCUT2D eigenvalue weighted by atomic mass is 35.5. The van der Waals surface area contributed by atoms with E-state index in [0.29, 0.717) is 16.6 Å². The van der Waals surface area contributed by atoms with E-state index in [1.807, 2.05) is 12.1 Å². The molecule has 3 N–H and O–H groups in total. The molecule has 1 aromatic carbocycles. The lowest BCUT2D eigenvalue weighted by Crippen LogP contribution is -2.21. The Balaban J connectivity index is 2.30. The Bertz CT molecular complexity index is 377. The molecule has 0 amide bonds. The molecule has 0 aromatic heterocycles. The molecule has 1 aliphatic rings. The number of nitrogens with two attached hydrogens (primary N) is 1. The predicted molar refractivity (Wildman–Crippen MR) is 62.4 cm³/mol. The van der Waals surface area contributed by atoms with Crippen LogP contribution in [0.5, 0.6) is 0 Å². The maximum atomic E-state index is 9.29. The minimum Gasteiger partial charge on any atom is -0.396 e. The van der Waals surface area contributed by atoms with Crippen molar-refractivity contribution in [2.75, 3.05) is 13.2 Å². The van der Waals surface area contributed by atoms with Gasteiger partial charge in [-0.25, -0.2) is 0 Å². The van der Waals surface area contributed by atoms with Crippen LogP contribution in [0.4, 0.5) is 0 Å². The SMILES string of the molecule is NC[C@]1(CO)C[C@@H]1c1cccc(Cl)c1Cl. The molecular weight excluding hydrogens is 233 g/mol. The molecule has 1 saturated carbocycles. The Hall–Kier alpha value is -0.280. The first kappa shape index (κ1) is 11.2. The highest BCUT2D eigenvalue weighted by Gasteiger charge is 2.54. The van der Waals surface area contributed by atoms with E-state index in [9.17, 15) is 5.11 Å². The lowest BCUT2D eigenvalue weighted by Gasteiger charge is -2.12. The van der Waals surface area contributed by atoms with Crippen LogP contribution >= 0.6 is 23.2 Å². The van der Waals surface area contributed by atoms with Gasteiger partial charge in [-0.15, -0.1) is 0 Å². The molecule has 1 aromatic rings. The smallest absolute Gasteiger partial charge is 0.0627 e. The van der Waals surface area contributed by atoms with E-state index >= 15 is 0 Å². The van der Waals surface area contributed by atoms with Gasteiger partial charge in [0.15, 0.2) is 0 Å². The summed E-state index contributed by atoms with van der Waals surface area (Å²) in [7, 11) is 0. The molecule has 82 valence electrons. The normalized spacial score (nSPS) is 29.2. The molecule has 1 aliphatic carbocycles. The van der Waals surface area contributed by atoms with Crippen molar-refractivity contribution in [2.24, 2.45) is 11.1 Å². The molecule has 0 radical (unpaired) electrons. The fourth-order valence-electron chi connectivity index (χ4n) is 2.04. The maximum absolute atomic E-state index is 9.29. The van der Waals surface area contributed by atoms with Crippen LogP contribution in [-0.2, 0) is 0 Å². The fourth-order valence-corrected chi connectivity index (χ4v) is 2.48. The van der Waals surface area contributed by atoms with Gasteiger partial charge in [-0.05, 0) is 24.0 Å². The first-order valence-electron chi connectivity index (χ1n) is 4.89. The number of hydrogen-bond donors (Lipinski definition) is 2. The van der Waals surface area contributed by atoms with Crippen LogP contribution in [0.25, 0.3) is 0 Å². The van der Waals surface area contributed by atoms with Crippen molar-refractivity contribution in [3.05, 3.63) is 33.8 Å². The van der Waals surface area contributed by atoms with Gasteiger partial charge in [0.2, 0.25) is 0 Å². The molecule has 2 rings (SSSR count). The van der Waals surface area contributed by atoms with Crippen LogP contribution in [-0.4, -0.2) is 18.3 Å². The van der Waals surface area contributed by atoms with Gasteiger partial charge in [0.1, 0.15) is 0 Å². The zero-order valence-corrected chi connectivity index (χ0v) is 9.72. The number of hydrogen-bond acceptors (Lipinski definition) is 2. The Kier molecular flexibility index (Phi) is 2.95. The van der Waals surface area contributed by atoms with Gasteiger partial charge in [0.05, 0.1) is 16.7 Å². The number of aliphatic hydroxyl groups excluding tert-OH is 1. The number of halogens is 2. The Morgan fingerprint density at radius 1 is 1.47 bits per heavy atom. The van der Waals surface area contributed by atoms with Crippen LogP contribution in [0, 0.1) is 5.41 Å². The third kappa shape index (κ3) is 1.76. The molecule has 15 heavy (non-hydrogen) atoms. The maximum Gasteiger partial charge on any atom is 0.0627 e. The number of rotatable bonds is 3. The molecule has 1 fully saturated rings. The third-order valence-electron chi connectivity index (χ3n) is 3.27. The highest BCUT2D eigenvalue weighted by molar-refractivity contribution is 6.42. The standard InChI is InChI=1S/C11H13Cl2NO/c12-9-3-1-2-7(10(9)13)8-4-11(8,5-14)6-15/h1-3,8,15H,4-6,14H2/t8-,11+/m1/s1. The molecule has 0 aliphatic heterocycles. The molecule has 0 spiro atoms. The monoisotopic (exact) mass is 245 g/mol. The second-order valence-electron chi connectivity index (χ2n) is 4.12. The van der Waals surface area contributed by atoms with Crippen LogP contribution in [0.2, 0.25) is 10.0 Å². The van der Waals surface area contributed by atoms with Gasteiger partial charge >= 0.3 is 0 Å². The highest BCUT2D eigenvalue weighted by Crippen LogP contribution is 2.59. The van der Waals surface area contributed by atoms with Crippen molar-refractivity contribution in [2.45, 2.75) is 12.3 Å². The molecule has 4 heteroatoms. The third-order valence-corrected chi connectivity index (χ3v) is 4.10. The summed E-state index contributed by atoms with van der Waals surface area (Å²) in [5, 5.41) is 10.4. The largest absolute Gasteiger partial charge is 0.396 e. The lowest BCUT2D eigenvalue weighted by atomic mass is 10.00. The average Bonchev–Trinajstić information content (AvgIpc) is 2.97. The quantitative estimate of drug-likeness (QED) is 0.860. The summed E-state index contributed by atoms with van der Waals surface area (Å²) in [4.78, 5) is 0. The summed E-state index contributed by atoms with van der Waals surface area (Å²) in [5.41, 5.74) is 6.49. The van der Waals surface area contributed by atoms with Gasteiger partial charge in [-0.3, -0.25) is 0 Å². The van der Waals surface area contributed by atoms with Crippen LogP contribution in [0.15, 0.2) is 18.2 Å². The van der Waals surface area contributed by atoms with Crippen molar-refractivity contribution >= 4 is 23.2 Å². The topological polar surface area (TPSA) is 46.2 Å². The van der Waals surface area contributed by atoms with Crippen molar-refractivity contribution in [1.29, 1.82) is 0 Å². The van der Waals surface area contributed by atoms with Gasteiger partial charge in [-0.1, -0.05) is 35.3 Å². The molecule has 2 nitrogen and oxygen atoms in total. The zero-order chi connectivity index (χ0) is 11.1. The van der Waals surface area contributed by atoms with Gasteiger partial charge in [0, 0.05) is 12.0 Å². The summed E-state index contributed by atoms with van der Waals surface area (Å²) in [6.45, 7) is 0.591. The van der Waals surface area contributed by atoms with E-state index < -0.39 is 0 Å². The van der Waals surface area contributed by atoms with Crippen LogP contribution < -0.4 is 5.73 Å². The van der Waals surface area contributed by atoms with Gasteiger partial charge in [-0.2, -0.15) is 0 Å². The Labute approximate surface area is 99.0 Å². The predicted octanol–water partition coefficient (Wildman–Crippen LogP) is 2.42. The second-order valence-corrected chi connectivity index (χ2v) is 4.91. The Morgan fingerprint density at radius 2 is 2.20 bits per heavy atom. The summed E-state index contributed by atoms with van der Waals surface area (Å²) in [6, 6.07) is 5.59. The molecule has 0 heterocycles. The van der Waals surface area contributed by atoms with E-state index in [1.165, 1.54) is 0 Å². The first-order chi connectivity index (χ1) is 7.14. The Morgan fingerprint density at radius 3 is 2.73 bits per heavy atom. The lowest BCUT2D eigenvalue weighted by molar-refractivity contribution is 0.211. The average molecular weight is 246 g/mol. The number of benzene rings is 1.